The zero-order valence-electron chi connectivity index (χ0n) is 9.97. The lowest BCUT2D eigenvalue weighted by Gasteiger charge is -1.99. The van der Waals surface area contributed by atoms with E-state index in [0.29, 0.717) is 0 Å². The van der Waals surface area contributed by atoms with E-state index in [0.717, 1.165) is 31.6 Å². The maximum Gasteiger partial charge on any atom is 0.125 e. The summed E-state index contributed by atoms with van der Waals surface area (Å²) in [7, 11) is 0. The quantitative estimate of drug-likeness (QED) is 0.577. The molecule has 19 heavy (non-hydrogen) atoms. The van der Waals surface area contributed by atoms with E-state index in [-0.39, 0.29) is 5.82 Å². The van der Waals surface area contributed by atoms with E-state index in [2.05, 4.69) is 4.98 Å². The number of nitrogens with two attached hydrogens (primary N) is 1. The zero-order valence-corrected chi connectivity index (χ0v) is 11.6. The van der Waals surface area contributed by atoms with Crippen molar-refractivity contribution < 1.29 is 4.39 Å². The molecular weight excluding hydrogens is 279 g/mol. The van der Waals surface area contributed by atoms with Gasteiger partial charge in [-0.2, -0.15) is 0 Å². The Hall–Kier alpha value is -1.59. The molecule has 5 heteroatoms. The number of halogens is 1. The molecule has 0 saturated heterocycles. The van der Waals surface area contributed by atoms with Crippen molar-refractivity contribution in [2.75, 3.05) is 5.73 Å². The van der Waals surface area contributed by atoms with Gasteiger partial charge in [0.25, 0.3) is 0 Å². The highest BCUT2D eigenvalue weighted by Crippen LogP contribution is 2.29. The number of hydrogen-bond acceptors (Lipinski definition) is 4. The second-order valence-corrected chi connectivity index (χ2v) is 6.24. The molecule has 2 N–H and O–H groups in total. The molecule has 1 heterocycles. The Kier molecular flexibility index (Phi) is 3.40. The number of thiazole rings is 1. The third-order valence-electron chi connectivity index (χ3n) is 2.64. The second kappa shape index (κ2) is 5.19. The highest BCUT2D eigenvalue weighted by Gasteiger charge is 2.05. The number of rotatable bonds is 3. The normalized spacial score (nSPS) is 11.0. The number of aromatic nitrogens is 1. The highest BCUT2D eigenvalue weighted by molar-refractivity contribution is 7.98. The van der Waals surface area contributed by atoms with Crippen LogP contribution in [0.1, 0.15) is 5.01 Å². The average molecular weight is 290 g/mol. The third-order valence-corrected chi connectivity index (χ3v) is 4.88. The van der Waals surface area contributed by atoms with Crippen LogP contribution in [-0.2, 0) is 5.75 Å². The SMILES string of the molecule is Nc1ccc(SCc2nc3cc(F)ccc3s2)cc1. The highest BCUT2D eigenvalue weighted by atomic mass is 32.2. The van der Waals surface area contributed by atoms with E-state index in [4.69, 9.17) is 5.73 Å². The van der Waals surface area contributed by atoms with E-state index < -0.39 is 0 Å². The molecule has 0 spiro atoms. The molecule has 0 saturated carbocycles. The van der Waals surface area contributed by atoms with E-state index in [9.17, 15) is 4.39 Å². The number of nitrogen functional groups attached to an aromatic ring is 1. The summed E-state index contributed by atoms with van der Waals surface area (Å²) in [6.45, 7) is 0. The largest absolute Gasteiger partial charge is 0.399 e. The van der Waals surface area contributed by atoms with Gasteiger partial charge in [-0.3, -0.25) is 0 Å². The summed E-state index contributed by atoms with van der Waals surface area (Å²) >= 11 is 3.31. The first kappa shape index (κ1) is 12.4. The Morgan fingerprint density at radius 1 is 1.16 bits per heavy atom. The number of benzene rings is 2. The minimum absolute atomic E-state index is 0.240. The van der Waals surface area contributed by atoms with Crippen molar-refractivity contribution >= 4 is 39.0 Å². The zero-order chi connectivity index (χ0) is 13.2. The molecule has 2 nitrogen and oxygen atoms in total. The molecule has 0 fully saturated rings. The first-order chi connectivity index (χ1) is 9.20. The third kappa shape index (κ3) is 2.88. The Balaban J connectivity index is 1.76. The summed E-state index contributed by atoms with van der Waals surface area (Å²) in [5.74, 6) is 0.542. The summed E-state index contributed by atoms with van der Waals surface area (Å²) in [5.41, 5.74) is 7.14. The van der Waals surface area contributed by atoms with Crippen LogP contribution in [0.3, 0.4) is 0 Å². The smallest absolute Gasteiger partial charge is 0.125 e. The minimum Gasteiger partial charge on any atom is -0.399 e. The molecule has 3 aromatic rings. The van der Waals surface area contributed by atoms with Crippen molar-refractivity contribution in [3.8, 4) is 0 Å². The van der Waals surface area contributed by atoms with Crippen LogP contribution in [0, 0.1) is 5.82 Å². The van der Waals surface area contributed by atoms with Gasteiger partial charge in [-0.05, 0) is 36.4 Å². The predicted molar refractivity (Wildman–Crippen MR) is 80.0 cm³/mol. The van der Waals surface area contributed by atoms with E-state index >= 15 is 0 Å². The Morgan fingerprint density at radius 2 is 1.95 bits per heavy atom. The van der Waals surface area contributed by atoms with Crippen LogP contribution < -0.4 is 5.73 Å². The van der Waals surface area contributed by atoms with Gasteiger partial charge in [-0.25, -0.2) is 9.37 Å². The van der Waals surface area contributed by atoms with Crippen LogP contribution in [-0.4, -0.2) is 4.98 Å². The fourth-order valence-electron chi connectivity index (χ4n) is 1.72. The van der Waals surface area contributed by atoms with Crippen LogP contribution in [0.15, 0.2) is 47.4 Å². The summed E-state index contributed by atoms with van der Waals surface area (Å²) in [6, 6.07) is 12.5. The molecule has 0 unspecified atom stereocenters. The lowest BCUT2D eigenvalue weighted by atomic mass is 10.3. The molecule has 0 radical (unpaired) electrons. The summed E-state index contributed by atoms with van der Waals surface area (Å²) < 4.78 is 14.1. The van der Waals surface area contributed by atoms with Crippen LogP contribution in [0.5, 0.6) is 0 Å². The van der Waals surface area contributed by atoms with Gasteiger partial charge in [0.1, 0.15) is 10.8 Å². The molecule has 0 aliphatic carbocycles. The van der Waals surface area contributed by atoms with Gasteiger partial charge in [0.05, 0.1) is 16.0 Å². The van der Waals surface area contributed by atoms with E-state index in [1.54, 1.807) is 29.2 Å². The summed E-state index contributed by atoms with van der Waals surface area (Å²) in [5, 5.41) is 1.00. The number of hydrogen-bond donors (Lipinski definition) is 1. The van der Waals surface area contributed by atoms with Crippen LogP contribution in [0.4, 0.5) is 10.1 Å². The van der Waals surface area contributed by atoms with Gasteiger partial charge in [-0.1, -0.05) is 0 Å². The van der Waals surface area contributed by atoms with Crippen molar-refractivity contribution in [1.82, 2.24) is 4.98 Å². The van der Waals surface area contributed by atoms with E-state index in [1.165, 1.54) is 12.1 Å². The molecule has 96 valence electrons. The van der Waals surface area contributed by atoms with Gasteiger partial charge in [0.15, 0.2) is 0 Å². The molecule has 1 aromatic heterocycles. The molecule has 2 aromatic carbocycles. The van der Waals surface area contributed by atoms with Gasteiger partial charge < -0.3 is 5.73 Å². The van der Waals surface area contributed by atoms with Gasteiger partial charge in [0.2, 0.25) is 0 Å². The summed E-state index contributed by atoms with van der Waals surface area (Å²) in [4.78, 5) is 5.59. The Morgan fingerprint density at radius 3 is 2.74 bits per heavy atom. The van der Waals surface area contributed by atoms with Crippen molar-refractivity contribution in [2.45, 2.75) is 10.6 Å². The number of nitrogens with zero attached hydrogens (tertiary/aromatic N) is 1. The maximum atomic E-state index is 13.1. The number of thioether (sulfide) groups is 1. The standard InChI is InChI=1S/C14H11FN2S2/c15-9-1-6-13-12(7-9)17-14(19-13)8-18-11-4-2-10(16)3-5-11/h1-7H,8,16H2. The van der Waals surface area contributed by atoms with Crippen molar-refractivity contribution in [3.05, 3.63) is 53.3 Å². The molecule has 0 bridgehead atoms. The topological polar surface area (TPSA) is 38.9 Å². The van der Waals surface area contributed by atoms with Crippen molar-refractivity contribution in [3.63, 3.8) is 0 Å². The summed E-state index contributed by atoms with van der Waals surface area (Å²) in [6.07, 6.45) is 0. The van der Waals surface area contributed by atoms with Gasteiger partial charge >= 0.3 is 0 Å². The molecule has 0 amide bonds. The Labute approximate surface area is 118 Å². The fraction of sp³-hybridized carbons (Fsp3) is 0.0714. The monoisotopic (exact) mass is 290 g/mol. The van der Waals surface area contributed by atoms with Gasteiger partial charge in [-0.15, -0.1) is 23.1 Å². The van der Waals surface area contributed by atoms with Gasteiger partial charge in [0, 0.05) is 16.6 Å². The molecule has 0 aliphatic heterocycles. The first-order valence-corrected chi connectivity index (χ1v) is 7.54. The van der Waals surface area contributed by atoms with Crippen LogP contribution in [0.2, 0.25) is 0 Å². The van der Waals surface area contributed by atoms with Crippen LogP contribution in [0.25, 0.3) is 10.2 Å². The van der Waals surface area contributed by atoms with Crippen molar-refractivity contribution in [2.24, 2.45) is 0 Å². The second-order valence-electron chi connectivity index (χ2n) is 4.08. The van der Waals surface area contributed by atoms with Crippen molar-refractivity contribution in [1.29, 1.82) is 0 Å². The number of fused-ring (bicyclic) bond motifs is 1. The Bertz CT molecular complexity index is 707. The minimum atomic E-state index is -0.240. The maximum absolute atomic E-state index is 13.1. The van der Waals surface area contributed by atoms with E-state index in [1.807, 2.05) is 24.3 Å². The molecule has 0 atom stereocenters. The molecule has 0 aliphatic rings. The fourth-order valence-corrected chi connectivity index (χ4v) is 3.56. The lowest BCUT2D eigenvalue weighted by Crippen LogP contribution is -1.83. The molecular formula is C14H11FN2S2. The average Bonchev–Trinajstić information content (AvgIpc) is 2.80. The lowest BCUT2D eigenvalue weighted by molar-refractivity contribution is 0.629. The number of anilines is 1. The first-order valence-electron chi connectivity index (χ1n) is 5.74. The predicted octanol–water partition coefficient (Wildman–Crippen LogP) is 4.31. The van der Waals surface area contributed by atoms with Crippen LogP contribution >= 0.6 is 23.1 Å². The molecule has 3 rings (SSSR count).